The lowest BCUT2D eigenvalue weighted by molar-refractivity contribution is -0.302. The van der Waals surface area contributed by atoms with E-state index in [9.17, 15) is 0 Å². The number of halogens is 1. The van der Waals surface area contributed by atoms with Crippen molar-refractivity contribution >= 4 is 5.97 Å². The minimum atomic E-state index is -1.08. The number of rotatable bonds is 0. The third kappa shape index (κ3) is 202. The first-order valence-corrected chi connectivity index (χ1v) is 0.908. The number of carbonyl (C=O) groups excluding carboxylic acids is 1. The third-order valence-electron chi connectivity index (χ3n) is 0. The van der Waals surface area contributed by atoms with Crippen LogP contribution < -0.4 is 5.11 Å². The third-order valence-corrected chi connectivity index (χ3v) is 0. The Morgan fingerprint density at radius 3 is 1.80 bits per heavy atom. The fourth-order valence-corrected chi connectivity index (χ4v) is 0. The van der Waals surface area contributed by atoms with Gasteiger partial charge in [0.2, 0.25) is 0 Å². The molecule has 3 heteroatoms. The SMILES string of the molecule is CC(=O)[O-].[ClH2+]. The van der Waals surface area contributed by atoms with E-state index in [4.69, 9.17) is 9.90 Å². The maximum absolute atomic E-state index is 8.89. The minimum Gasteiger partial charge on any atom is -0.550 e. The van der Waals surface area contributed by atoms with Crippen LogP contribution in [0.4, 0.5) is 0 Å². The van der Waals surface area contributed by atoms with Crippen LogP contribution in [0, 0.1) is 12.4 Å². The molecule has 0 atom stereocenters. The first-order valence-electron chi connectivity index (χ1n) is 0.908. The highest BCUT2D eigenvalue weighted by molar-refractivity contribution is 5.60. The summed E-state index contributed by atoms with van der Waals surface area (Å²) in [5.41, 5.74) is 0. The van der Waals surface area contributed by atoms with E-state index in [-0.39, 0.29) is 12.4 Å². The molecular weight excluding hydrogens is 91.5 g/mol. The van der Waals surface area contributed by atoms with Crippen molar-refractivity contribution < 1.29 is 22.3 Å². The average Bonchev–Trinajstić information content (AvgIpc) is 0.811. The van der Waals surface area contributed by atoms with Gasteiger partial charge in [0.25, 0.3) is 0 Å². The second kappa shape index (κ2) is 3.76. The van der Waals surface area contributed by atoms with Crippen molar-refractivity contribution in [3.63, 3.8) is 0 Å². The summed E-state index contributed by atoms with van der Waals surface area (Å²) < 4.78 is 0. The van der Waals surface area contributed by atoms with Crippen molar-refractivity contribution in [2.75, 3.05) is 0 Å². The van der Waals surface area contributed by atoms with Gasteiger partial charge in [0.15, 0.2) is 0 Å². The maximum atomic E-state index is 8.89. The lowest BCUT2D eigenvalue weighted by Gasteiger charge is -1.77. The van der Waals surface area contributed by atoms with Gasteiger partial charge < -0.3 is 9.90 Å². The van der Waals surface area contributed by atoms with Crippen molar-refractivity contribution in [1.29, 1.82) is 0 Å². The standard InChI is InChI=1S/C2H4O2.ClH2/c1-2(3)4;/h1H3,(H,3,4);1H2/q;+1/p-1. The Bertz CT molecular complexity index is 30.6. The molecule has 0 aliphatic carbocycles. The quantitative estimate of drug-likeness (QED) is 0.358. The van der Waals surface area contributed by atoms with Crippen LogP contribution in [0.2, 0.25) is 0 Å². The molecule has 0 aromatic carbocycles. The molecule has 0 radical (unpaired) electrons. The van der Waals surface area contributed by atoms with Crippen molar-refractivity contribution in [2.24, 2.45) is 0 Å². The van der Waals surface area contributed by atoms with Crippen LogP contribution in [0.25, 0.3) is 0 Å². The van der Waals surface area contributed by atoms with Crippen LogP contribution in [0.15, 0.2) is 0 Å². The Morgan fingerprint density at radius 2 is 1.80 bits per heavy atom. The zero-order chi connectivity index (χ0) is 3.58. The Labute approximate surface area is 36.2 Å². The van der Waals surface area contributed by atoms with Crippen LogP contribution in [0.5, 0.6) is 0 Å². The van der Waals surface area contributed by atoms with Gasteiger partial charge in [0.1, 0.15) is 0 Å². The van der Waals surface area contributed by atoms with Crippen LogP contribution in [0.1, 0.15) is 6.92 Å². The Kier molecular flexibility index (Phi) is 6.64. The Balaban J connectivity index is 0. The molecule has 0 spiro atoms. The van der Waals surface area contributed by atoms with E-state index in [1.807, 2.05) is 0 Å². The monoisotopic (exact) mass is 96.0 g/mol. The lowest BCUT2D eigenvalue weighted by Crippen LogP contribution is -2.16. The first kappa shape index (κ1) is 8.83. The highest BCUT2D eigenvalue weighted by atomic mass is 35.5. The molecule has 0 aliphatic rings. The molecule has 0 N–H and O–H groups in total. The topological polar surface area (TPSA) is 40.1 Å². The van der Waals surface area contributed by atoms with Crippen LogP contribution >= 0.6 is 0 Å². The van der Waals surface area contributed by atoms with Gasteiger partial charge in [-0.3, -0.25) is 0 Å². The molecule has 0 aliphatic heterocycles. The van der Waals surface area contributed by atoms with Gasteiger partial charge in [-0.05, 0) is 6.92 Å². The van der Waals surface area contributed by atoms with E-state index in [0.717, 1.165) is 6.92 Å². The van der Waals surface area contributed by atoms with E-state index >= 15 is 0 Å². The summed E-state index contributed by atoms with van der Waals surface area (Å²) in [5, 5.41) is 8.89. The second-order valence-corrected chi connectivity index (χ2v) is 0.492. The number of hydrogen-bond acceptors (Lipinski definition) is 2. The van der Waals surface area contributed by atoms with E-state index < -0.39 is 5.97 Å². The van der Waals surface area contributed by atoms with Crippen LogP contribution in [-0.4, -0.2) is 5.97 Å². The molecule has 0 saturated heterocycles. The summed E-state index contributed by atoms with van der Waals surface area (Å²) in [7, 11) is 0. The van der Waals surface area contributed by atoms with Crippen LogP contribution in [0.3, 0.4) is 0 Å². The lowest BCUT2D eigenvalue weighted by atomic mass is 10.9. The molecule has 0 aromatic rings. The minimum absolute atomic E-state index is 0. The number of carboxylic acid groups (broad SMARTS) is 1. The van der Waals surface area contributed by atoms with Crippen molar-refractivity contribution in [3.05, 3.63) is 0 Å². The summed E-state index contributed by atoms with van der Waals surface area (Å²) in [6, 6.07) is 0. The first-order chi connectivity index (χ1) is 1.73. The zero-order valence-electron chi connectivity index (χ0n) is 2.76. The van der Waals surface area contributed by atoms with E-state index in [0.29, 0.717) is 0 Å². The molecule has 0 bridgehead atoms. The fraction of sp³-hybridized carbons (Fsp3) is 0.500. The summed E-state index contributed by atoms with van der Waals surface area (Å²) in [5.74, 6) is -1.08. The molecule has 0 saturated carbocycles. The molecule has 5 heavy (non-hydrogen) atoms. The smallest absolute Gasteiger partial charge is 0.0903 e. The van der Waals surface area contributed by atoms with E-state index in [1.54, 1.807) is 0 Å². The summed E-state index contributed by atoms with van der Waals surface area (Å²) in [4.78, 5) is 8.89. The second-order valence-electron chi connectivity index (χ2n) is 0.492. The average molecular weight is 96.5 g/mol. The predicted octanol–water partition coefficient (Wildman–Crippen LogP) is -1.78. The molecule has 0 aromatic heterocycles. The molecule has 0 amide bonds. The Hall–Kier alpha value is -0.240. The van der Waals surface area contributed by atoms with Gasteiger partial charge >= 0.3 is 0 Å². The van der Waals surface area contributed by atoms with Gasteiger partial charge in [-0.1, -0.05) is 0 Å². The van der Waals surface area contributed by atoms with Crippen molar-refractivity contribution in [2.45, 2.75) is 6.92 Å². The van der Waals surface area contributed by atoms with Crippen LogP contribution in [-0.2, 0) is 4.79 Å². The molecule has 2 nitrogen and oxygen atoms in total. The molecule has 0 fully saturated rings. The van der Waals surface area contributed by atoms with E-state index in [1.165, 1.54) is 0 Å². The molecule has 32 valence electrons. The summed E-state index contributed by atoms with van der Waals surface area (Å²) >= 11 is 0. The Morgan fingerprint density at radius 1 is 1.80 bits per heavy atom. The van der Waals surface area contributed by atoms with E-state index in [2.05, 4.69) is 0 Å². The highest BCUT2D eigenvalue weighted by Gasteiger charge is 1.46. The molecular formula is C2H5ClO2. The van der Waals surface area contributed by atoms with Gasteiger partial charge in [-0.15, -0.1) is 0 Å². The predicted molar refractivity (Wildman–Crippen MR) is 13.5 cm³/mol. The zero-order valence-corrected chi connectivity index (χ0v) is 3.66. The van der Waals surface area contributed by atoms with Crippen molar-refractivity contribution in [3.8, 4) is 0 Å². The van der Waals surface area contributed by atoms with Gasteiger partial charge in [-0.25, -0.2) is 0 Å². The molecule has 0 unspecified atom stereocenters. The number of aliphatic carboxylic acids is 1. The van der Waals surface area contributed by atoms with Gasteiger partial charge in [0, 0.05) is 5.97 Å². The maximum Gasteiger partial charge on any atom is 0.0903 e. The normalized spacial score (nSPS) is 5.00. The molecule has 0 rings (SSSR count). The summed E-state index contributed by atoms with van der Waals surface area (Å²) in [6.07, 6.45) is 0. The molecule has 0 heterocycles. The van der Waals surface area contributed by atoms with Gasteiger partial charge in [-0.2, -0.15) is 0 Å². The number of carboxylic acids is 1. The highest BCUT2D eigenvalue weighted by Crippen LogP contribution is 1.31. The van der Waals surface area contributed by atoms with Gasteiger partial charge in [0.05, 0.1) is 12.4 Å². The summed E-state index contributed by atoms with van der Waals surface area (Å²) in [6.45, 7) is 0.972. The fourth-order valence-electron chi connectivity index (χ4n) is 0. The largest absolute Gasteiger partial charge is 0.550 e. The number of carbonyl (C=O) groups is 1. The van der Waals surface area contributed by atoms with Crippen molar-refractivity contribution in [1.82, 2.24) is 0 Å². The number of hydrogen-bond donors (Lipinski definition) is 0.